The number of rotatable bonds is 3. The van der Waals surface area contributed by atoms with Crippen molar-refractivity contribution in [2.45, 2.75) is 13.8 Å². The van der Waals surface area contributed by atoms with Crippen LogP contribution < -0.4 is 5.32 Å². The van der Waals surface area contributed by atoms with Crippen molar-refractivity contribution < 1.29 is 27.9 Å². The lowest BCUT2D eigenvalue weighted by Gasteiger charge is -2.08. The molecule has 2 N–H and O–H groups in total. The van der Waals surface area contributed by atoms with Gasteiger partial charge in [0.25, 0.3) is 5.91 Å². The summed E-state index contributed by atoms with van der Waals surface area (Å²) in [6, 6.07) is 0.764. The number of nitrogens with one attached hydrogen (secondary N) is 1. The second-order valence-corrected chi connectivity index (χ2v) is 3.76. The Morgan fingerprint density at radius 2 is 1.53 bits per heavy atom. The van der Waals surface area contributed by atoms with E-state index in [2.05, 4.69) is 0 Å². The second-order valence-electron chi connectivity index (χ2n) is 3.76. The highest BCUT2D eigenvalue weighted by Gasteiger charge is 2.16. The molecule has 1 aromatic rings. The standard InChI is InChI=1S/C12H10F3NO3/c1-5(6(2)12(18)19)11(17)16-10-4-8(14)7(13)3-9(10)15/h3-4H,1-2H3,(H,16,17)(H,18,19). The van der Waals surface area contributed by atoms with E-state index in [-0.39, 0.29) is 17.2 Å². The van der Waals surface area contributed by atoms with E-state index in [0.29, 0.717) is 6.07 Å². The number of halogens is 3. The molecule has 0 aromatic heterocycles. The van der Waals surface area contributed by atoms with Gasteiger partial charge in [0.1, 0.15) is 5.82 Å². The van der Waals surface area contributed by atoms with Crippen LogP contribution in [0.15, 0.2) is 23.3 Å². The van der Waals surface area contributed by atoms with E-state index < -0.39 is 35.0 Å². The lowest BCUT2D eigenvalue weighted by atomic mass is 10.1. The van der Waals surface area contributed by atoms with Gasteiger partial charge in [-0.05, 0) is 13.8 Å². The first-order chi connectivity index (χ1) is 8.73. The first-order valence-electron chi connectivity index (χ1n) is 5.10. The van der Waals surface area contributed by atoms with Crippen molar-refractivity contribution in [1.29, 1.82) is 0 Å². The molecule has 0 saturated heterocycles. The number of carbonyl (C=O) groups excluding carboxylic acids is 1. The van der Waals surface area contributed by atoms with Crippen molar-refractivity contribution in [3.8, 4) is 0 Å². The van der Waals surface area contributed by atoms with Gasteiger partial charge in [0.05, 0.1) is 5.69 Å². The summed E-state index contributed by atoms with van der Waals surface area (Å²) in [6.07, 6.45) is 0. The number of carboxylic acid groups (broad SMARTS) is 1. The number of carbonyl (C=O) groups is 2. The minimum absolute atomic E-state index is 0.170. The quantitative estimate of drug-likeness (QED) is 0.656. The molecule has 102 valence electrons. The zero-order valence-corrected chi connectivity index (χ0v) is 10.1. The van der Waals surface area contributed by atoms with Gasteiger partial charge in [0.15, 0.2) is 11.6 Å². The smallest absolute Gasteiger partial charge is 0.331 e. The van der Waals surface area contributed by atoms with Gasteiger partial charge in [-0.3, -0.25) is 4.79 Å². The van der Waals surface area contributed by atoms with Gasteiger partial charge in [-0.1, -0.05) is 0 Å². The van der Waals surface area contributed by atoms with Gasteiger partial charge in [0.2, 0.25) is 0 Å². The van der Waals surface area contributed by atoms with Crippen LogP contribution in [0.2, 0.25) is 0 Å². The Kier molecular flexibility index (Phi) is 4.31. The van der Waals surface area contributed by atoms with Gasteiger partial charge in [0, 0.05) is 23.3 Å². The molecule has 1 aromatic carbocycles. The molecule has 0 fully saturated rings. The Balaban J connectivity index is 3.05. The lowest BCUT2D eigenvalue weighted by molar-refractivity contribution is -0.133. The van der Waals surface area contributed by atoms with E-state index in [1.165, 1.54) is 13.8 Å². The topological polar surface area (TPSA) is 66.4 Å². The molecule has 0 aliphatic rings. The summed E-state index contributed by atoms with van der Waals surface area (Å²) >= 11 is 0. The molecule has 0 atom stereocenters. The molecule has 0 heterocycles. The summed E-state index contributed by atoms with van der Waals surface area (Å²) in [5.41, 5.74) is -0.974. The minimum Gasteiger partial charge on any atom is -0.478 e. The van der Waals surface area contributed by atoms with Gasteiger partial charge in [-0.25, -0.2) is 18.0 Å². The molecule has 4 nitrogen and oxygen atoms in total. The van der Waals surface area contributed by atoms with Crippen LogP contribution in [0.3, 0.4) is 0 Å². The van der Waals surface area contributed by atoms with Gasteiger partial charge in [-0.15, -0.1) is 0 Å². The molecule has 0 unspecified atom stereocenters. The average molecular weight is 273 g/mol. The van der Waals surface area contributed by atoms with Crippen molar-refractivity contribution in [1.82, 2.24) is 0 Å². The molecule has 7 heteroatoms. The molecule has 0 aliphatic heterocycles. The molecule has 19 heavy (non-hydrogen) atoms. The van der Waals surface area contributed by atoms with E-state index in [1.54, 1.807) is 0 Å². The predicted molar refractivity (Wildman–Crippen MR) is 61.0 cm³/mol. The van der Waals surface area contributed by atoms with Crippen molar-refractivity contribution >= 4 is 17.6 Å². The fourth-order valence-electron chi connectivity index (χ4n) is 1.17. The minimum atomic E-state index is -1.38. The second kappa shape index (κ2) is 5.55. The maximum Gasteiger partial charge on any atom is 0.331 e. The van der Waals surface area contributed by atoms with Crippen LogP contribution >= 0.6 is 0 Å². The van der Waals surface area contributed by atoms with Crippen LogP contribution in [0.1, 0.15) is 13.8 Å². The highest BCUT2D eigenvalue weighted by atomic mass is 19.2. The van der Waals surface area contributed by atoms with Crippen LogP contribution in [0.25, 0.3) is 0 Å². The monoisotopic (exact) mass is 273 g/mol. The molecule has 0 aliphatic carbocycles. The fourth-order valence-corrected chi connectivity index (χ4v) is 1.17. The first kappa shape index (κ1) is 14.7. The van der Waals surface area contributed by atoms with E-state index in [9.17, 15) is 22.8 Å². The third-order valence-corrected chi connectivity index (χ3v) is 2.48. The average Bonchev–Trinajstić information content (AvgIpc) is 2.33. The summed E-state index contributed by atoms with van der Waals surface area (Å²) in [5, 5.41) is 10.7. The molecular formula is C12H10F3NO3. The number of carboxylic acids is 1. The molecule has 0 bridgehead atoms. The van der Waals surface area contributed by atoms with Crippen LogP contribution in [0.5, 0.6) is 0 Å². The Hall–Kier alpha value is -2.31. The molecule has 0 radical (unpaired) electrons. The third-order valence-electron chi connectivity index (χ3n) is 2.48. The Labute approximate surface area is 106 Å². The van der Waals surface area contributed by atoms with E-state index in [1.807, 2.05) is 5.32 Å². The zero-order valence-electron chi connectivity index (χ0n) is 10.1. The Bertz CT molecular complexity index is 582. The van der Waals surface area contributed by atoms with Crippen LogP contribution in [-0.2, 0) is 9.59 Å². The lowest BCUT2D eigenvalue weighted by Crippen LogP contribution is -2.17. The number of hydrogen-bond donors (Lipinski definition) is 2. The third kappa shape index (κ3) is 3.34. The maximum atomic E-state index is 13.3. The van der Waals surface area contributed by atoms with E-state index >= 15 is 0 Å². The first-order valence-corrected chi connectivity index (χ1v) is 5.10. The van der Waals surface area contributed by atoms with E-state index in [4.69, 9.17) is 5.11 Å². The number of amides is 1. The largest absolute Gasteiger partial charge is 0.478 e. The SMILES string of the molecule is CC(C(=O)O)=C(C)C(=O)Nc1cc(F)c(F)cc1F. The van der Waals surface area contributed by atoms with Crippen molar-refractivity contribution in [2.24, 2.45) is 0 Å². The summed E-state index contributed by atoms with van der Waals surface area (Å²) in [5.74, 6) is -6.09. The van der Waals surface area contributed by atoms with Gasteiger partial charge >= 0.3 is 5.97 Å². The molecule has 0 spiro atoms. The molecule has 0 saturated carbocycles. The summed E-state index contributed by atoms with van der Waals surface area (Å²) in [4.78, 5) is 22.2. The number of hydrogen-bond acceptors (Lipinski definition) is 2. The van der Waals surface area contributed by atoms with Crippen LogP contribution in [-0.4, -0.2) is 17.0 Å². The number of benzene rings is 1. The van der Waals surface area contributed by atoms with Crippen molar-refractivity contribution in [3.05, 3.63) is 40.7 Å². The fraction of sp³-hybridized carbons (Fsp3) is 0.167. The molecule has 1 rings (SSSR count). The maximum absolute atomic E-state index is 13.3. The number of aliphatic carboxylic acids is 1. The normalized spacial score (nSPS) is 11.8. The highest BCUT2D eigenvalue weighted by Crippen LogP contribution is 2.19. The molecule has 1 amide bonds. The summed E-state index contributed by atoms with van der Waals surface area (Å²) in [6.45, 7) is 2.41. The number of anilines is 1. The van der Waals surface area contributed by atoms with Crippen LogP contribution in [0.4, 0.5) is 18.9 Å². The van der Waals surface area contributed by atoms with Crippen molar-refractivity contribution in [2.75, 3.05) is 5.32 Å². The molecular weight excluding hydrogens is 263 g/mol. The van der Waals surface area contributed by atoms with Crippen LogP contribution in [0, 0.1) is 17.5 Å². The van der Waals surface area contributed by atoms with Gasteiger partial charge < -0.3 is 10.4 Å². The van der Waals surface area contributed by atoms with Crippen molar-refractivity contribution in [3.63, 3.8) is 0 Å². The Morgan fingerprint density at radius 3 is 2.05 bits per heavy atom. The summed E-state index contributed by atoms with van der Waals surface area (Å²) in [7, 11) is 0. The predicted octanol–water partition coefficient (Wildman–Crippen LogP) is 2.46. The Morgan fingerprint density at radius 1 is 1.00 bits per heavy atom. The summed E-state index contributed by atoms with van der Waals surface area (Å²) < 4.78 is 38.8. The zero-order chi connectivity index (χ0) is 14.7. The highest BCUT2D eigenvalue weighted by molar-refractivity contribution is 6.08. The van der Waals surface area contributed by atoms with Gasteiger partial charge in [-0.2, -0.15) is 0 Å². The van der Waals surface area contributed by atoms with E-state index in [0.717, 1.165) is 0 Å².